The molecule has 1 aromatic heterocycles. The van der Waals surface area contributed by atoms with Gasteiger partial charge in [0.25, 0.3) is 5.56 Å². The van der Waals surface area contributed by atoms with E-state index in [1.807, 2.05) is 13.8 Å². The van der Waals surface area contributed by atoms with E-state index < -0.39 is 29.3 Å². The lowest BCUT2D eigenvalue weighted by Gasteiger charge is -2.37. The number of pyridine rings is 1. The summed E-state index contributed by atoms with van der Waals surface area (Å²) in [5, 5.41) is 3.49. The van der Waals surface area contributed by atoms with E-state index in [2.05, 4.69) is 15.1 Å². The van der Waals surface area contributed by atoms with Gasteiger partial charge in [0.05, 0.1) is 31.2 Å². The van der Waals surface area contributed by atoms with Gasteiger partial charge in [-0.05, 0) is 41.6 Å². The summed E-state index contributed by atoms with van der Waals surface area (Å²) >= 11 is 0. The molecular formula is C24H22F2N4O3. The summed E-state index contributed by atoms with van der Waals surface area (Å²) in [5.74, 6) is -1.10. The van der Waals surface area contributed by atoms with E-state index in [-0.39, 0.29) is 35.9 Å². The zero-order valence-electron chi connectivity index (χ0n) is 18.1. The number of carbonyl (C=O) groups is 1. The molecule has 1 unspecified atom stereocenters. The van der Waals surface area contributed by atoms with E-state index in [1.54, 1.807) is 11.0 Å². The topological polar surface area (TPSA) is 78.8 Å². The standard InChI is InChI=1S/C24H22F2N4O3/c1-13(2)10-30(24(32)28-15-5-7-18(26)19(9-15)27-3)21-12-33-11-20-22(21)16-6-4-14(25)8-17(16)23(31)29-20/h4-9,13,21H,10-12H2,1-2H3,(H,28,32)(H,29,31). The molecule has 1 aliphatic rings. The molecule has 33 heavy (non-hydrogen) atoms. The number of nitrogens with one attached hydrogen (secondary N) is 2. The van der Waals surface area contributed by atoms with Crippen LogP contribution in [0.1, 0.15) is 31.1 Å². The van der Waals surface area contributed by atoms with Gasteiger partial charge in [-0.3, -0.25) is 4.79 Å². The number of anilines is 1. The number of rotatable bonds is 4. The molecule has 9 heteroatoms. The number of urea groups is 1. The first-order chi connectivity index (χ1) is 15.8. The van der Waals surface area contributed by atoms with Gasteiger partial charge in [0, 0.05) is 23.5 Å². The second-order valence-electron chi connectivity index (χ2n) is 8.32. The van der Waals surface area contributed by atoms with Gasteiger partial charge >= 0.3 is 6.03 Å². The van der Waals surface area contributed by atoms with E-state index in [0.29, 0.717) is 23.2 Å². The third-order valence-electron chi connectivity index (χ3n) is 5.48. The number of H-pyrrole nitrogens is 1. The Hall–Kier alpha value is -3.77. The zero-order valence-corrected chi connectivity index (χ0v) is 18.1. The van der Waals surface area contributed by atoms with Crippen molar-refractivity contribution in [2.24, 2.45) is 5.92 Å². The van der Waals surface area contributed by atoms with E-state index >= 15 is 0 Å². The molecular weight excluding hydrogens is 430 g/mol. The van der Waals surface area contributed by atoms with Gasteiger partial charge in [0.2, 0.25) is 5.69 Å². The zero-order chi connectivity index (χ0) is 23.7. The number of aromatic nitrogens is 1. The lowest BCUT2D eigenvalue weighted by atomic mass is 9.95. The van der Waals surface area contributed by atoms with Crippen molar-refractivity contribution in [2.75, 3.05) is 18.5 Å². The van der Waals surface area contributed by atoms with E-state index in [9.17, 15) is 18.4 Å². The van der Waals surface area contributed by atoms with Crippen LogP contribution in [0.4, 0.5) is 25.0 Å². The van der Waals surface area contributed by atoms with Crippen LogP contribution in [0.5, 0.6) is 0 Å². The monoisotopic (exact) mass is 452 g/mol. The lowest BCUT2D eigenvalue weighted by Crippen LogP contribution is -2.44. The quantitative estimate of drug-likeness (QED) is 0.540. The highest BCUT2D eigenvalue weighted by Gasteiger charge is 2.33. The van der Waals surface area contributed by atoms with Crippen LogP contribution in [0.3, 0.4) is 0 Å². The second kappa shape index (κ2) is 9.00. The number of ether oxygens (including phenoxy) is 1. The van der Waals surface area contributed by atoms with Crippen LogP contribution in [0.25, 0.3) is 15.6 Å². The number of carbonyl (C=O) groups excluding carboxylic acids is 1. The lowest BCUT2D eigenvalue weighted by molar-refractivity contribution is 0.0425. The Morgan fingerprint density at radius 1 is 1.27 bits per heavy atom. The predicted octanol–water partition coefficient (Wildman–Crippen LogP) is 5.12. The number of benzene rings is 2. The fourth-order valence-corrected chi connectivity index (χ4v) is 4.09. The third-order valence-corrected chi connectivity index (χ3v) is 5.48. The predicted molar refractivity (Wildman–Crippen MR) is 120 cm³/mol. The van der Waals surface area contributed by atoms with Crippen molar-refractivity contribution in [3.8, 4) is 0 Å². The highest BCUT2D eigenvalue weighted by atomic mass is 19.1. The van der Waals surface area contributed by atoms with Crippen molar-refractivity contribution in [2.45, 2.75) is 26.5 Å². The maximum atomic E-state index is 13.8. The van der Waals surface area contributed by atoms with Crippen molar-refractivity contribution >= 4 is 28.2 Å². The van der Waals surface area contributed by atoms with E-state index in [0.717, 1.165) is 6.07 Å². The molecule has 0 fully saturated rings. The second-order valence-corrected chi connectivity index (χ2v) is 8.32. The number of halogens is 2. The van der Waals surface area contributed by atoms with E-state index in [4.69, 9.17) is 11.3 Å². The molecule has 1 atom stereocenters. The fourth-order valence-electron chi connectivity index (χ4n) is 4.09. The summed E-state index contributed by atoms with van der Waals surface area (Å²) in [6.45, 7) is 11.7. The maximum absolute atomic E-state index is 13.8. The van der Waals surface area contributed by atoms with Gasteiger partial charge in [-0.2, -0.15) is 0 Å². The van der Waals surface area contributed by atoms with Crippen LogP contribution < -0.4 is 10.9 Å². The summed E-state index contributed by atoms with van der Waals surface area (Å²) in [6, 6.07) is 6.78. The minimum absolute atomic E-state index is 0.0969. The molecule has 7 nitrogen and oxygen atoms in total. The number of hydrogen-bond acceptors (Lipinski definition) is 3. The molecule has 4 rings (SSSR count). The molecule has 0 radical (unpaired) electrons. The number of hydrogen-bond donors (Lipinski definition) is 2. The fraction of sp³-hybridized carbons (Fsp3) is 0.292. The van der Waals surface area contributed by atoms with Crippen molar-refractivity contribution in [1.82, 2.24) is 9.88 Å². The Morgan fingerprint density at radius 2 is 2.06 bits per heavy atom. The summed E-state index contributed by atoms with van der Waals surface area (Å²) in [7, 11) is 0. The van der Waals surface area contributed by atoms with Gasteiger partial charge in [-0.1, -0.05) is 19.9 Å². The SMILES string of the molecule is [C-]#[N+]c1cc(NC(=O)N(CC(C)C)C2COCc3[nH]c(=O)c4cc(F)ccc4c32)ccc1F. The van der Waals surface area contributed by atoms with Crippen LogP contribution in [-0.2, 0) is 11.3 Å². The maximum Gasteiger partial charge on any atom is 0.322 e. The van der Waals surface area contributed by atoms with Crippen molar-refractivity contribution in [3.63, 3.8) is 0 Å². The Kier molecular flexibility index (Phi) is 6.11. The summed E-state index contributed by atoms with van der Waals surface area (Å²) in [5.41, 5.74) is 0.901. The molecule has 2 N–H and O–H groups in total. The average Bonchev–Trinajstić information content (AvgIpc) is 2.78. The Morgan fingerprint density at radius 3 is 2.79 bits per heavy atom. The normalized spacial score (nSPS) is 15.2. The van der Waals surface area contributed by atoms with Gasteiger partial charge in [-0.25, -0.2) is 18.4 Å². The van der Waals surface area contributed by atoms with Crippen LogP contribution in [0.2, 0.25) is 0 Å². The molecule has 2 amide bonds. The van der Waals surface area contributed by atoms with Gasteiger partial charge in [-0.15, -0.1) is 0 Å². The Labute approximate surface area is 188 Å². The minimum atomic E-state index is -0.667. The third kappa shape index (κ3) is 4.43. The molecule has 1 aliphatic heterocycles. The molecule has 0 spiro atoms. The van der Waals surface area contributed by atoms with Crippen molar-refractivity contribution < 1.29 is 18.3 Å². The number of amides is 2. The molecule has 2 heterocycles. The van der Waals surface area contributed by atoms with Crippen LogP contribution >= 0.6 is 0 Å². The number of fused-ring (bicyclic) bond motifs is 3. The first kappa shape index (κ1) is 22.4. The first-order valence-electron chi connectivity index (χ1n) is 10.4. The average molecular weight is 452 g/mol. The molecule has 0 aliphatic carbocycles. The van der Waals surface area contributed by atoms with Gasteiger partial charge in [0.15, 0.2) is 0 Å². The minimum Gasteiger partial charge on any atom is -0.373 e. The summed E-state index contributed by atoms with van der Waals surface area (Å²) < 4.78 is 33.2. The molecule has 3 aromatic rings. The molecule has 0 saturated heterocycles. The smallest absolute Gasteiger partial charge is 0.322 e. The Bertz CT molecular complexity index is 1330. The summed E-state index contributed by atoms with van der Waals surface area (Å²) in [4.78, 5) is 33.3. The van der Waals surface area contributed by atoms with Crippen LogP contribution in [-0.4, -0.2) is 29.1 Å². The highest BCUT2D eigenvalue weighted by Crippen LogP contribution is 2.34. The molecule has 0 saturated carbocycles. The Balaban J connectivity index is 1.77. The van der Waals surface area contributed by atoms with Gasteiger partial charge in [0.1, 0.15) is 11.6 Å². The molecule has 2 aromatic carbocycles. The first-order valence-corrected chi connectivity index (χ1v) is 10.4. The number of aromatic amines is 1. The molecule has 170 valence electrons. The van der Waals surface area contributed by atoms with Crippen molar-refractivity contribution in [3.05, 3.63) is 81.1 Å². The van der Waals surface area contributed by atoms with Crippen LogP contribution in [0.15, 0.2) is 41.2 Å². The van der Waals surface area contributed by atoms with Crippen molar-refractivity contribution in [1.29, 1.82) is 0 Å². The largest absolute Gasteiger partial charge is 0.373 e. The van der Waals surface area contributed by atoms with E-state index in [1.165, 1.54) is 24.3 Å². The molecule has 0 bridgehead atoms. The summed E-state index contributed by atoms with van der Waals surface area (Å²) in [6.07, 6.45) is 0. The number of nitrogens with zero attached hydrogens (tertiary/aromatic N) is 2. The van der Waals surface area contributed by atoms with Crippen LogP contribution in [0, 0.1) is 24.1 Å². The highest BCUT2D eigenvalue weighted by molar-refractivity contribution is 5.92. The van der Waals surface area contributed by atoms with Gasteiger partial charge < -0.3 is 19.9 Å².